The van der Waals surface area contributed by atoms with Gasteiger partial charge in [0.1, 0.15) is 0 Å². The van der Waals surface area contributed by atoms with Crippen LogP contribution in [0, 0.1) is 5.92 Å². The molecular weight excluding hydrogens is 352 g/mol. The Morgan fingerprint density at radius 2 is 1.93 bits per heavy atom. The maximum absolute atomic E-state index is 11.8. The van der Waals surface area contributed by atoms with Gasteiger partial charge in [0, 0.05) is 55.6 Å². The van der Waals surface area contributed by atoms with Crippen molar-refractivity contribution in [2.75, 3.05) is 6.54 Å². The highest BCUT2D eigenvalue weighted by atomic mass is 16.5. The molecule has 5 aliphatic rings. The Labute approximate surface area is 167 Å². The van der Waals surface area contributed by atoms with Crippen molar-refractivity contribution in [2.24, 2.45) is 5.92 Å². The molecule has 2 saturated heterocycles. The van der Waals surface area contributed by atoms with Crippen LogP contribution in [0.4, 0.5) is 0 Å². The van der Waals surface area contributed by atoms with Crippen LogP contribution in [0.15, 0.2) is 12.3 Å². The molecule has 2 bridgehead atoms. The summed E-state index contributed by atoms with van der Waals surface area (Å²) in [6.45, 7) is 4.29. The molecule has 2 atom stereocenters. The topological polar surface area (TPSA) is 68.7 Å². The monoisotopic (exact) mass is 384 g/mol. The van der Waals surface area contributed by atoms with Crippen LogP contribution >= 0.6 is 0 Å². The summed E-state index contributed by atoms with van der Waals surface area (Å²) in [5.41, 5.74) is 4.42. The second-order valence-electron chi connectivity index (χ2n) is 9.28. The normalized spacial score (nSPS) is 32.9. The van der Waals surface area contributed by atoms with Crippen LogP contribution < -0.4 is 5.48 Å². The third kappa shape index (κ3) is 3.25. The molecule has 1 amide bonds. The van der Waals surface area contributed by atoms with Gasteiger partial charge >= 0.3 is 0 Å². The summed E-state index contributed by atoms with van der Waals surface area (Å²) in [4.78, 5) is 21.9. The number of rotatable bonds is 5. The van der Waals surface area contributed by atoms with Gasteiger partial charge in [-0.3, -0.25) is 24.8 Å². The smallest absolute Gasteiger partial charge is 0.276 e. The van der Waals surface area contributed by atoms with Crippen molar-refractivity contribution in [3.63, 3.8) is 0 Å². The van der Waals surface area contributed by atoms with Gasteiger partial charge in [0.2, 0.25) is 0 Å². The average molecular weight is 385 g/mol. The second-order valence-corrected chi connectivity index (χ2v) is 9.28. The summed E-state index contributed by atoms with van der Waals surface area (Å²) >= 11 is 0. The van der Waals surface area contributed by atoms with Gasteiger partial charge in [0.25, 0.3) is 5.91 Å². The van der Waals surface area contributed by atoms with Crippen LogP contribution in [-0.4, -0.2) is 56.6 Å². The van der Waals surface area contributed by atoms with Gasteiger partial charge in [-0.15, -0.1) is 0 Å². The molecule has 4 fully saturated rings. The van der Waals surface area contributed by atoms with Crippen molar-refractivity contribution in [3.05, 3.63) is 29.1 Å². The Balaban J connectivity index is 1.38. The number of hydroxylamine groups is 1. The molecule has 6 heteroatoms. The number of carbonyl (C=O) groups excluding carboxylic acids is 1. The molecule has 0 aromatic carbocycles. The largest absolute Gasteiger partial charge is 0.294 e. The number of nitrogens with one attached hydrogen (secondary N) is 1. The number of amides is 1. The van der Waals surface area contributed by atoms with Gasteiger partial charge < -0.3 is 0 Å². The molecule has 3 aliphatic heterocycles. The summed E-state index contributed by atoms with van der Waals surface area (Å²) in [6, 6.07) is 4.81. The molecular formula is C22H32N4O2. The molecule has 1 aromatic rings. The fourth-order valence-corrected chi connectivity index (χ4v) is 6.09. The molecule has 0 unspecified atom stereocenters. The Bertz CT molecular complexity index is 742. The fraction of sp³-hybridized carbons (Fsp3) is 0.727. The molecule has 0 spiro atoms. The van der Waals surface area contributed by atoms with Gasteiger partial charge in [0.05, 0.1) is 5.56 Å². The number of hydrogen-bond acceptors (Lipinski definition) is 5. The van der Waals surface area contributed by atoms with E-state index >= 15 is 0 Å². The lowest BCUT2D eigenvalue weighted by molar-refractivity contribution is -0.0421. The van der Waals surface area contributed by atoms with Crippen LogP contribution in [0.1, 0.15) is 73.5 Å². The van der Waals surface area contributed by atoms with Crippen LogP contribution in [-0.2, 0) is 13.0 Å². The van der Waals surface area contributed by atoms with E-state index in [1.807, 2.05) is 6.07 Å². The van der Waals surface area contributed by atoms with E-state index in [2.05, 4.69) is 21.7 Å². The molecule has 4 heterocycles. The van der Waals surface area contributed by atoms with Gasteiger partial charge in [0.15, 0.2) is 0 Å². The van der Waals surface area contributed by atoms with E-state index in [9.17, 15) is 4.79 Å². The van der Waals surface area contributed by atoms with Gasteiger partial charge in [-0.1, -0.05) is 6.92 Å². The Morgan fingerprint density at radius 1 is 1.21 bits per heavy atom. The fourth-order valence-electron chi connectivity index (χ4n) is 6.09. The third-order valence-electron chi connectivity index (χ3n) is 7.69. The minimum atomic E-state index is -0.482. The first-order valence-electron chi connectivity index (χ1n) is 11.1. The summed E-state index contributed by atoms with van der Waals surface area (Å²) < 4.78 is 0. The summed E-state index contributed by atoms with van der Waals surface area (Å²) in [5, 5.41) is 8.94. The molecule has 1 aromatic heterocycles. The van der Waals surface area contributed by atoms with E-state index in [1.54, 1.807) is 11.7 Å². The van der Waals surface area contributed by atoms with Crippen molar-refractivity contribution in [3.8, 4) is 0 Å². The molecule has 2 aliphatic carbocycles. The first kappa shape index (κ1) is 18.5. The predicted octanol–water partition coefficient (Wildman–Crippen LogP) is 2.74. The number of fused-ring (bicyclic) bond motifs is 4. The number of nitrogens with zero attached hydrogens (tertiary/aromatic N) is 3. The molecule has 28 heavy (non-hydrogen) atoms. The van der Waals surface area contributed by atoms with E-state index in [1.165, 1.54) is 38.5 Å². The number of pyridine rings is 1. The quantitative estimate of drug-likeness (QED) is 0.603. The zero-order chi connectivity index (χ0) is 19.3. The van der Waals surface area contributed by atoms with Crippen LogP contribution in [0.25, 0.3) is 0 Å². The van der Waals surface area contributed by atoms with E-state index in [0.29, 0.717) is 17.6 Å². The lowest BCUT2D eigenvalue weighted by Gasteiger charge is -2.54. The minimum Gasteiger partial charge on any atom is -0.294 e. The van der Waals surface area contributed by atoms with Crippen molar-refractivity contribution in [1.29, 1.82) is 0 Å². The van der Waals surface area contributed by atoms with E-state index in [-0.39, 0.29) is 0 Å². The number of aromatic nitrogens is 1. The standard InChI is InChI=1S/C22H32N4O2/c1-2-17-10-20-16(9-15(11-23-20)22(27)24-28)12-25(17)13-21-14-3-5-18(6-4-14)26(21)19-7-8-19/h9,11,14,17-19,21,28H,2-8,10,12-13H2,1H3,(H,24,27)/t14?,17-,18?,21-/m0/s1. The Hall–Kier alpha value is -1.50. The maximum atomic E-state index is 11.8. The van der Waals surface area contributed by atoms with E-state index in [4.69, 9.17) is 5.21 Å². The van der Waals surface area contributed by atoms with Gasteiger partial charge in [-0.05, 0) is 62.5 Å². The highest BCUT2D eigenvalue weighted by molar-refractivity contribution is 5.93. The zero-order valence-electron chi connectivity index (χ0n) is 16.8. The minimum absolute atomic E-state index is 0.437. The molecule has 6 rings (SSSR count). The molecule has 2 N–H and O–H groups in total. The van der Waals surface area contributed by atoms with Crippen molar-refractivity contribution in [1.82, 2.24) is 20.3 Å². The SMILES string of the molecule is CC[C@H]1Cc2ncc(C(=O)NO)cc2CN1C[C@H]1C2CCC(CC2)N1C1CC1. The third-order valence-corrected chi connectivity index (χ3v) is 7.69. The van der Waals surface area contributed by atoms with Crippen molar-refractivity contribution >= 4 is 5.91 Å². The number of hydrogen-bond donors (Lipinski definition) is 2. The lowest BCUT2D eigenvalue weighted by atomic mass is 9.74. The summed E-state index contributed by atoms with van der Waals surface area (Å²) in [5.74, 6) is 0.373. The highest BCUT2D eigenvalue weighted by Gasteiger charge is 2.48. The summed E-state index contributed by atoms with van der Waals surface area (Å²) in [7, 11) is 0. The van der Waals surface area contributed by atoms with Gasteiger partial charge in [-0.25, -0.2) is 5.48 Å². The maximum Gasteiger partial charge on any atom is 0.276 e. The van der Waals surface area contributed by atoms with Crippen LogP contribution in [0.3, 0.4) is 0 Å². The first-order valence-corrected chi connectivity index (χ1v) is 11.1. The molecule has 6 nitrogen and oxygen atoms in total. The first-order chi connectivity index (χ1) is 13.7. The Morgan fingerprint density at radius 3 is 2.57 bits per heavy atom. The van der Waals surface area contributed by atoms with Crippen molar-refractivity contribution in [2.45, 2.75) is 89.0 Å². The highest BCUT2D eigenvalue weighted by Crippen LogP contribution is 2.46. The van der Waals surface area contributed by atoms with Crippen LogP contribution in [0.2, 0.25) is 0 Å². The summed E-state index contributed by atoms with van der Waals surface area (Å²) in [6.07, 6.45) is 12.1. The van der Waals surface area contributed by atoms with E-state index < -0.39 is 5.91 Å². The predicted molar refractivity (Wildman–Crippen MR) is 106 cm³/mol. The number of piperidine rings is 2. The molecule has 152 valence electrons. The van der Waals surface area contributed by atoms with E-state index in [0.717, 1.165) is 55.2 Å². The Kier molecular flexibility index (Phi) is 4.89. The molecule has 0 radical (unpaired) electrons. The zero-order valence-corrected chi connectivity index (χ0v) is 16.8. The lowest BCUT2D eigenvalue weighted by Crippen LogP contribution is -2.60. The van der Waals surface area contributed by atoms with Gasteiger partial charge in [-0.2, -0.15) is 0 Å². The average Bonchev–Trinajstić information content (AvgIpc) is 3.58. The van der Waals surface area contributed by atoms with Crippen molar-refractivity contribution < 1.29 is 10.0 Å². The second kappa shape index (κ2) is 7.39. The molecule has 2 saturated carbocycles. The number of carbonyl (C=O) groups is 1. The van der Waals surface area contributed by atoms with Crippen LogP contribution in [0.5, 0.6) is 0 Å².